The van der Waals surface area contributed by atoms with Gasteiger partial charge in [0.1, 0.15) is 23.9 Å². The van der Waals surface area contributed by atoms with Gasteiger partial charge in [0.15, 0.2) is 0 Å². The second kappa shape index (κ2) is 10.0. The quantitative estimate of drug-likeness (QED) is 0.379. The van der Waals surface area contributed by atoms with Crippen molar-refractivity contribution < 1.29 is 9.47 Å². The molecule has 0 radical (unpaired) electrons. The van der Waals surface area contributed by atoms with E-state index in [1.807, 2.05) is 90.6 Å². The van der Waals surface area contributed by atoms with E-state index >= 15 is 0 Å². The first-order valence-electron chi connectivity index (χ1n) is 10.9. The third kappa shape index (κ3) is 5.16. The van der Waals surface area contributed by atoms with E-state index in [2.05, 4.69) is 4.90 Å². The molecule has 3 aromatic carbocycles. The number of hydrogen-bond acceptors (Lipinski definition) is 5. The molecule has 1 aliphatic rings. The monoisotopic (exact) mass is 459 g/mol. The predicted octanol–water partition coefficient (Wildman–Crippen LogP) is 4.81. The summed E-state index contributed by atoms with van der Waals surface area (Å²) in [4.78, 5) is 15.4. The first-order chi connectivity index (χ1) is 16.3. The highest BCUT2D eigenvalue weighted by Gasteiger charge is 2.11. The molecule has 7 heteroatoms. The second-order valence-corrected chi connectivity index (χ2v) is 8.80. The lowest BCUT2D eigenvalue weighted by atomic mass is 10.3. The number of benzene rings is 3. The van der Waals surface area contributed by atoms with Crippen LogP contribution in [0.25, 0.3) is 11.4 Å². The molecule has 0 bridgehead atoms. The van der Waals surface area contributed by atoms with Crippen molar-refractivity contribution >= 4 is 11.8 Å². The van der Waals surface area contributed by atoms with E-state index in [1.54, 1.807) is 21.5 Å². The summed E-state index contributed by atoms with van der Waals surface area (Å²) in [6.45, 7) is 2.74. The summed E-state index contributed by atoms with van der Waals surface area (Å²) >= 11 is 1.96. The van der Waals surface area contributed by atoms with Gasteiger partial charge < -0.3 is 9.47 Å². The summed E-state index contributed by atoms with van der Waals surface area (Å²) in [6.07, 6.45) is 3.55. The number of rotatable bonds is 8. The Morgan fingerprint density at radius 2 is 1.36 bits per heavy atom. The minimum Gasteiger partial charge on any atom is -0.492 e. The lowest BCUT2D eigenvalue weighted by Crippen LogP contribution is -2.25. The molecule has 0 aliphatic carbocycles. The SMILES string of the molecule is O=c1n(-c2ccc(OCCN3CCSC3)cc2)ccn1-c1ccc(Oc2ccccc2)cc1. The summed E-state index contributed by atoms with van der Waals surface area (Å²) < 4.78 is 14.9. The number of imidazole rings is 1. The Hall–Kier alpha value is -3.42. The molecule has 0 N–H and O–H groups in total. The number of ether oxygens (including phenoxy) is 2. The van der Waals surface area contributed by atoms with E-state index in [0.29, 0.717) is 6.61 Å². The maximum absolute atomic E-state index is 13.0. The van der Waals surface area contributed by atoms with Gasteiger partial charge in [-0.2, -0.15) is 0 Å². The minimum atomic E-state index is -0.132. The molecule has 0 atom stereocenters. The van der Waals surface area contributed by atoms with Crippen LogP contribution in [-0.4, -0.2) is 45.4 Å². The predicted molar refractivity (Wildman–Crippen MR) is 132 cm³/mol. The Bertz CT molecular complexity index is 1230. The molecule has 0 saturated carbocycles. The third-order valence-electron chi connectivity index (χ3n) is 5.49. The zero-order chi connectivity index (χ0) is 22.5. The lowest BCUT2D eigenvalue weighted by molar-refractivity contribution is 0.244. The molecule has 1 aliphatic heterocycles. The van der Waals surface area contributed by atoms with Crippen LogP contribution in [0, 0.1) is 0 Å². The molecule has 1 aromatic heterocycles. The van der Waals surface area contributed by atoms with Crippen molar-refractivity contribution in [2.75, 3.05) is 31.3 Å². The van der Waals surface area contributed by atoms with Crippen LogP contribution in [0.3, 0.4) is 0 Å². The molecule has 0 amide bonds. The van der Waals surface area contributed by atoms with E-state index in [9.17, 15) is 4.79 Å². The van der Waals surface area contributed by atoms with Gasteiger partial charge in [0, 0.05) is 37.1 Å². The molecular weight excluding hydrogens is 434 g/mol. The molecule has 0 spiro atoms. The first kappa shape index (κ1) is 21.4. The van der Waals surface area contributed by atoms with Crippen LogP contribution in [0.4, 0.5) is 0 Å². The Balaban J connectivity index is 1.24. The van der Waals surface area contributed by atoms with Crippen LogP contribution in [0.2, 0.25) is 0 Å². The maximum Gasteiger partial charge on any atom is 0.337 e. The number of aromatic nitrogens is 2. The molecule has 2 heterocycles. The maximum atomic E-state index is 13.0. The van der Waals surface area contributed by atoms with Crippen LogP contribution < -0.4 is 15.2 Å². The standard InChI is InChI=1S/C26H25N3O3S/c30-26-28(21-6-10-23(11-7-21)31-18-16-27-17-19-33-20-27)14-15-29(26)22-8-12-25(13-9-22)32-24-4-2-1-3-5-24/h1-15H,16-20H2. The van der Waals surface area contributed by atoms with E-state index in [1.165, 1.54) is 5.75 Å². The van der Waals surface area contributed by atoms with Crippen molar-refractivity contribution in [1.82, 2.24) is 14.0 Å². The summed E-state index contributed by atoms with van der Waals surface area (Å²) in [5, 5.41) is 0. The van der Waals surface area contributed by atoms with E-state index < -0.39 is 0 Å². The van der Waals surface area contributed by atoms with Crippen LogP contribution in [0.1, 0.15) is 0 Å². The fraction of sp³-hybridized carbons (Fsp3) is 0.192. The second-order valence-electron chi connectivity index (χ2n) is 7.73. The smallest absolute Gasteiger partial charge is 0.337 e. The molecule has 4 aromatic rings. The minimum absolute atomic E-state index is 0.132. The van der Waals surface area contributed by atoms with Gasteiger partial charge in [-0.1, -0.05) is 18.2 Å². The average Bonchev–Trinajstić information content (AvgIpc) is 3.51. The van der Waals surface area contributed by atoms with Crippen LogP contribution in [0.5, 0.6) is 17.2 Å². The highest BCUT2D eigenvalue weighted by Crippen LogP contribution is 2.22. The van der Waals surface area contributed by atoms with Crippen molar-refractivity contribution in [3.8, 4) is 28.6 Å². The molecule has 1 fully saturated rings. The van der Waals surface area contributed by atoms with Gasteiger partial charge in [-0.15, -0.1) is 11.8 Å². The van der Waals surface area contributed by atoms with E-state index in [0.717, 1.165) is 47.6 Å². The molecule has 6 nitrogen and oxygen atoms in total. The van der Waals surface area contributed by atoms with E-state index in [4.69, 9.17) is 9.47 Å². The highest BCUT2D eigenvalue weighted by molar-refractivity contribution is 7.99. The van der Waals surface area contributed by atoms with Crippen LogP contribution in [0.15, 0.2) is 96.1 Å². The van der Waals surface area contributed by atoms with Gasteiger partial charge in [-0.05, 0) is 60.7 Å². The molecule has 168 valence electrons. The highest BCUT2D eigenvalue weighted by atomic mass is 32.2. The Labute approximate surface area is 197 Å². The molecule has 0 unspecified atom stereocenters. The Kier molecular flexibility index (Phi) is 6.51. The Morgan fingerprint density at radius 3 is 1.97 bits per heavy atom. The fourth-order valence-electron chi connectivity index (χ4n) is 3.69. The Morgan fingerprint density at radius 1 is 0.758 bits per heavy atom. The summed E-state index contributed by atoms with van der Waals surface area (Å²) in [5.74, 6) is 4.60. The van der Waals surface area contributed by atoms with E-state index in [-0.39, 0.29) is 5.69 Å². The fourth-order valence-corrected chi connectivity index (χ4v) is 4.73. The number of hydrogen-bond donors (Lipinski definition) is 0. The van der Waals surface area contributed by atoms with Crippen molar-refractivity contribution in [3.05, 3.63) is 102 Å². The van der Waals surface area contributed by atoms with Crippen molar-refractivity contribution in [3.63, 3.8) is 0 Å². The average molecular weight is 460 g/mol. The van der Waals surface area contributed by atoms with Crippen LogP contribution >= 0.6 is 11.8 Å². The molecule has 33 heavy (non-hydrogen) atoms. The van der Waals surface area contributed by atoms with Gasteiger partial charge in [-0.3, -0.25) is 14.0 Å². The van der Waals surface area contributed by atoms with Gasteiger partial charge >= 0.3 is 5.69 Å². The van der Waals surface area contributed by atoms with Gasteiger partial charge in [-0.25, -0.2) is 4.79 Å². The zero-order valence-electron chi connectivity index (χ0n) is 18.2. The molecule has 5 rings (SSSR count). The summed E-state index contributed by atoms with van der Waals surface area (Å²) in [7, 11) is 0. The summed E-state index contributed by atoms with van der Waals surface area (Å²) in [6, 6.07) is 24.7. The van der Waals surface area contributed by atoms with Gasteiger partial charge in [0.05, 0.1) is 11.4 Å². The molecule has 1 saturated heterocycles. The number of nitrogens with zero attached hydrogens (tertiary/aromatic N) is 3. The first-order valence-corrected chi connectivity index (χ1v) is 12.1. The van der Waals surface area contributed by atoms with Crippen LogP contribution in [-0.2, 0) is 0 Å². The van der Waals surface area contributed by atoms with Gasteiger partial charge in [0.2, 0.25) is 0 Å². The zero-order valence-corrected chi connectivity index (χ0v) is 19.0. The van der Waals surface area contributed by atoms with Gasteiger partial charge in [0.25, 0.3) is 0 Å². The van der Waals surface area contributed by atoms with Crippen molar-refractivity contribution in [1.29, 1.82) is 0 Å². The van der Waals surface area contributed by atoms with Crippen molar-refractivity contribution in [2.24, 2.45) is 0 Å². The van der Waals surface area contributed by atoms with Crippen molar-refractivity contribution in [2.45, 2.75) is 0 Å². The number of para-hydroxylation sites is 1. The summed E-state index contributed by atoms with van der Waals surface area (Å²) in [5.41, 5.74) is 1.44. The normalized spacial score (nSPS) is 13.8. The number of thioether (sulfide) groups is 1. The topological polar surface area (TPSA) is 48.6 Å². The molecular formula is C26H25N3O3S. The lowest BCUT2D eigenvalue weighted by Gasteiger charge is -2.14. The third-order valence-corrected chi connectivity index (χ3v) is 6.51. The largest absolute Gasteiger partial charge is 0.492 e.